The van der Waals surface area contributed by atoms with Gasteiger partial charge in [-0.05, 0) is 6.07 Å². The van der Waals surface area contributed by atoms with Crippen LogP contribution in [-0.4, -0.2) is 46.1 Å². The lowest BCUT2D eigenvalue weighted by atomic mass is 10.1. The third kappa shape index (κ3) is 2.01. The van der Waals surface area contributed by atoms with Gasteiger partial charge in [0.1, 0.15) is 11.8 Å². The first kappa shape index (κ1) is 13.2. The summed E-state index contributed by atoms with van der Waals surface area (Å²) in [6.07, 6.45) is 0.705. The molecule has 2 N–H and O–H groups in total. The lowest BCUT2D eigenvalue weighted by Crippen LogP contribution is -2.37. The van der Waals surface area contributed by atoms with Gasteiger partial charge in [0.15, 0.2) is 0 Å². The van der Waals surface area contributed by atoms with Crippen LogP contribution >= 0.6 is 11.6 Å². The van der Waals surface area contributed by atoms with Crippen molar-refractivity contribution in [1.29, 1.82) is 0 Å². The molecule has 2 aromatic heterocycles. The molecule has 1 aliphatic rings. The van der Waals surface area contributed by atoms with Crippen molar-refractivity contribution in [3.63, 3.8) is 0 Å². The zero-order chi connectivity index (χ0) is 14.3. The summed E-state index contributed by atoms with van der Waals surface area (Å²) in [7, 11) is 1.54. The molecule has 0 unspecified atom stereocenters. The minimum Gasteiger partial charge on any atom is -0.480 e. The quantitative estimate of drug-likeness (QED) is 0.813. The Bertz CT molecular complexity index is 683. The van der Waals surface area contributed by atoms with Gasteiger partial charge in [-0.25, -0.2) is 4.98 Å². The Morgan fingerprint density at radius 1 is 1.65 bits per heavy atom. The van der Waals surface area contributed by atoms with Gasteiger partial charge in [-0.3, -0.25) is 4.79 Å². The maximum atomic E-state index is 11.6. The Kier molecular flexibility index (Phi) is 3.27. The summed E-state index contributed by atoms with van der Waals surface area (Å²) >= 11 is 5.96. The van der Waals surface area contributed by atoms with Crippen LogP contribution in [0.25, 0.3) is 10.9 Å². The fraction of sp³-hybridized carbons (Fsp3) is 0.385. The lowest BCUT2D eigenvalue weighted by Gasteiger charge is -2.26. The topological polar surface area (TPSA) is 78.5 Å². The molecule has 1 aliphatic heterocycles. The zero-order valence-electron chi connectivity index (χ0n) is 10.9. The van der Waals surface area contributed by atoms with Crippen LogP contribution in [0, 0.1) is 0 Å². The highest BCUT2D eigenvalue weighted by molar-refractivity contribution is 6.30. The van der Waals surface area contributed by atoms with Crippen molar-refractivity contribution >= 4 is 28.4 Å². The molecule has 0 radical (unpaired) electrons. The SMILES string of the molecule is COc1nc(Cl)cc2[nH]c3c(c12)CN(C(=O)CO)CC3. The number of aliphatic hydroxyl groups excluding tert-OH is 1. The first-order valence-electron chi connectivity index (χ1n) is 6.26. The molecule has 0 spiro atoms. The molecule has 1 amide bonds. The number of methoxy groups -OCH3 is 1. The molecule has 3 rings (SSSR count). The zero-order valence-corrected chi connectivity index (χ0v) is 11.7. The molecule has 6 nitrogen and oxygen atoms in total. The molecule has 0 aliphatic carbocycles. The normalized spacial score (nSPS) is 14.4. The van der Waals surface area contributed by atoms with Crippen molar-refractivity contribution in [3.8, 4) is 5.88 Å². The van der Waals surface area contributed by atoms with E-state index in [1.54, 1.807) is 11.0 Å². The highest BCUT2D eigenvalue weighted by Crippen LogP contribution is 2.34. The van der Waals surface area contributed by atoms with Crippen LogP contribution in [0.1, 0.15) is 11.3 Å². The van der Waals surface area contributed by atoms with Crippen molar-refractivity contribution in [2.45, 2.75) is 13.0 Å². The average Bonchev–Trinajstić information content (AvgIpc) is 2.82. The summed E-state index contributed by atoms with van der Waals surface area (Å²) < 4.78 is 5.29. The number of pyridine rings is 1. The van der Waals surface area contributed by atoms with E-state index in [4.69, 9.17) is 21.4 Å². The number of aromatic nitrogens is 2. The molecule has 7 heteroatoms. The van der Waals surface area contributed by atoms with Crippen LogP contribution in [0.3, 0.4) is 0 Å². The van der Waals surface area contributed by atoms with Crippen molar-refractivity contribution in [1.82, 2.24) is 14.9 Å². The third-order valence-corrected chi connectivity index (χ3v) is 3.76. The number of carbonyl (C=O) groups is 1. The second-order valence-corrected chi connectivity index (χ2v) is 5.07. The largest absolute Gasteiger partial charge is 0.480 e. The predicted octanol–water partition coefficient (Wildman–Crippen LogP) is 1.10. The van der Waals surface area contributed by atoms with Gasteiger partial charge in [-0.1, -0.05) is 11.6 Å². The molecular formula is C13H14ClN3O3. The molecule has 0 fully saturated rings. The van der Waals surface area contributed by atoms with E-state index in [0.29, 0.717) is 30.5 Å². The second-order valence-electron chi connectivity index (χ2n) is 4.68. The number of ether oxygens (including phenoxy) is 1. The molecule has 20 heavy (non-hydrogen) atoms. The van der Waals surface area contributed by atoms with E-state index >= 15 is 0 Å². The van der Waals surface area contributed by atoms with Gasteiger partial charge in [0.25, 0.3) is 0 Å². The smallest absolute Gasteiger partial charge is 0.248 e. The number of nitrogens with one attached hydrogen (secondary N) is 1. The van der Waals surface area contributed by atoms with Crippen LogP contribution in [0.2, 0.25) is 5.15 Å². The summed E-state index contributed by atoms with van der Waals surface area (Å²) in [5.41, 5.74) is 2.89. The fourth-order valence-electron chi connectivity index (χ4n) is 2.64. The number of H-pyrrole nitrogens is 1. The van der Waals surface area contributed by atoms with Gasteiger partial charge in [-0.2, -0.15) is 0 Å². The van der Waals surface area contributed by atoms with E-state index in [1.165, 1.54) is 7.11 Å². The second kappa shape index (κ2) is 4.96. The number of hydrogen-bond donors (Lipinski definition) is 2. The number of aromatic amines is 1. The molecule has 0 atom stereocenters. The summed E-state index contributed by atoms with van der Waals surface area (Å²) in [6, 6.07) is 1.75. The van der Waals surface area contributed by atoms with Gasteiger partial charge in [0.2, 0.25) is 11.8 Å². The third-order valence-electron chi connectivity index (χ3n) is 3.57. The average molecular weight is 296 g/mol. The molecule has 3 heterocycles. The van der Waals surface area contributed by atoms with E-state index in [1.807, 2.05) is 0 Å². The Labute approximate surface area is 120 Å². The molecule has 0 saturated carbocycles. The van der Waals surface area contributed by atoms with E-state index in [-0.39, 0.29) is 5.91 Å². The number of amides is 1. The molecule has 0 bridgehead atoms. The maximum absolute atomic E-state index is 11.6. The van der Waals surface area contributed by atoms with Crippen molar-refractivity contribution in [3.05, 3.63) is 22.5 Å². The molecule has 0 saturated heterocycles. The van der Waals surface area contributed by atoms with Gasteiger partial charge < -0.3 is 19.7 Å². The monoisotopic (exact) mass is 295 g/mol. The van der Waals surface area contributed by atoms with E-state index < -0.39 is 6.61 Å². The van der Waals surface area contributed by atoms with Gasteiger partial charge in [-0.15, -0.1) is 0 Å². The van der Waals surface area contributed by atoms with Crippen molar-refractivity contribution in [2.24, 2.45) is 0 Å². The van der Waals surface area contributed by atoms with E-state index in [2.05, 4.69) is 9.97 Å². The van der Waals surface area contributed by atoms with Crippen LogP contribution in [-0.2, 0) is 17.8 Å². The highest BCUT2D eigenvalue weighted by atomic mass is 35.5. The van der Waals surface area contributed by atoms with E-state index in [0.717, 1.165) is 22.2 Å². The highest BCUT2D eigenvalue weighted by Gasteiger charge is 2.25. The van der Waals surface area contributed by atoms with Crippen LogP contribution in [0.5, 0.6) is 5.88 Å². The molecular weight excluding hydrogens is 282 g/mol. The van der Waals surface area contributed by atoms with E-state index in [9.17, 15) is 4.79 Å². The van der Waals surface area contributed by atoms with Crippen molar-refractivity contribution < 1.29 is 14.6 Å². The lowest BCUT2D eigenvalue weighted by molar-refractivity contribution is -0.135. The van der Waals surface area contributed by atoms with Crippen LogP contribution in [0.4, 0.5) is 0 Å². The minimum atomic E-state index is -0.473. The summed E-state index contributed by atoms with van der Waals surface area (Å²) in [5.74, 6) is 0.175. The summed E-state index contributed by atoms with van der Waals surface area (Å²) in [6.45, 7) is 0.552. The van der Waals surface area contributed by atoms with Gasteiger partial charge in [0.05, 0.1) is 18.0 Å². The van der Waals surface area contributed by atoms with Gasteiger partial charge >= 0.3 is 0 Å². The van der Waals surface area contributed by atoms with Crippen LogP contribution in [0.15, 0.2) is 6.07 Å². The minimum absolute atomic E-state index is 0.272. The molecule has 106 valence electrons. The fourth-order valence-corrected chi connectivity index (χ4v) is 2.82. The summed E-state index contributed by atoms with van der Waals surface area (Å²) in [4.78, 5) is 20.7. The van der Waals surface area contributed by atoms with Crippen molar-refractivity contribution in [2.75, 3.05) is 20.3 Å². The van der Waals surface area contributed by atoms with Gasteiger partial charge in [0, 0.05) is 30.8 Å². The number of nitrogens with zero attached hydrogens (tertiary/aromatic N) is 2. The first-order chi connectivity index (χ1) is 9.63. The number of halogens is 1. The number of carbonyl (C=O) groups excluding carboxylic acids is 1. The number of aliphatic hydroxyl groups is 1. The number of fused-ring (bicyclic) bond motifs is 3. The number of hydrogen-bond acceptors (Lipinski definition) is 4. The Balaban J connectivity index is 2.12. The molecule has 2 aromatic rings. The summed E-state index contributed by atoms with van der Waals surface area (Å²) in [5, 5.41) is 10.2. The first-order valence-corrected chi connectivity index (χ1v) is 6.64. The van der Waals surface area contributed by atoms with Crippen LogP contribution < -0.4 is 4.74 Å². The Morgan fingerprint density at radius 3 is 3.15 bits per heavy atom. The Hall–Kier alpha value is -1.79. The predicted molar refractivity (Wildman–Crippen MR) is 73.9 cm³/mol. The molecule has 0 aromatic carbocycles. The number of rotatable bonds is 2. The Morgan fingerprint density at radius 2 is 2.45 bits per heavy atom. The standard InChI is InChI=1S/C13H14ClN3O3/c1-20-13-12-7-5-17(11(19)6-18)3-2-8(7)15-9(12)4-10(14)16-13/h4,15,18H,2-3,5-6H2,1H3. The maximum Gasteiger partial charge on any atom is 0.248 e.